The average Bonchev–Trinajstić information content (AvgIpc) is 2.57. The Labute approximate surface area is 130 Å². The first-order valence-electron chi connectivity index (χ1n) is 7.69. The van der Waals surface area contributed by atoms with E-state index in [-0.39, 0.29) is 6.61 Å². The zero-order chi connectivity index (χ0) is 15.2. The van der Waals surface area contributed by atoms with Crippen molar-refractivity contribution in [3.63, 3.8) is 0 Å². The molecule has 0 spiro atoms. The standard InChI is InChI=1S/C16H21N5O/c22-11-10-21-9-2-4-13(12-21)14-5-1-6-15(19-14)20-16-17-7-3-8-18-16/h1,3,5-8,13,22H,2,4,9-12H2,(H,17,18,19,20). The van der Waals surface area contributed by atoms with Crippen LogP contribution in [0.3, 0.4) is 0 Å². The fraction of sp³-hybridized carbons (Fsp3) is 0.438. The number of nitrogens with one attached hydrogen (secondary N) is 1. The van der Waals surface area contributed by atoms with Gasteiger partial charge in [0.1, 0.15) is 5.82 Å². The Bertz CT molecular complexity index is 590. The fourth-order valence-electron chi connectivity index (χ4n) is 2.87. The highest BCUT2D eigenvalue weighted by atomic mass is 16.3. The predicted octanol–water partition coefficient (Wildman–Crippen LogP) is 1.79. The van der Waals surface area contributed by atoms with Gasteiger partial charge < -0.3 is 15.3 Å². The zero-order valence-corrected chi connectivity index (χ0v) is 12.5. The summed E-state index contributed by atoms with van der Waals surface area (Å²) in [6.07, 6.45) is 5.69. The molecule has 0 amide bonds. The number of hydrogen-bond acceptors (Lipinski definition) is 6. The van der Waals surface area contributed by atoms with E-state index < -0.39 is 0 Å². The molecule has 1 atom stereocenters. The van der Waals surface area contributed by atoms with Crippen molar-refractivity contribution >= 4 is 11.8 Å². The lowest BCUT2D eigenvalue weighted by Gasteiger charge is -2.32. The summed E-state index contributed by atoms with van der Waals surface area (Å²) in [5.41, 5.74) is 1.09. The molecule has 6 heteroatoms. The molecule has 0 saturated carbocycles. The van der Waals surface area contributed by atoms with Crippen LogP contribution in [-0.2, 0) is 0 Å². The maximum Gasteiger partial charge on any atom is 0.228 e. The number of pyridine rings is 1. The highest BCUT2D eigenvalue weighted by Gasteiger charge is 2.22. The van der Waals surface area contributed by atoms with Gasteiger partial charge in [-0.05, 0) is 37.6 Å². The molecule has 0 bridgehead atoms. The lowest BCUT2D eigenvalue weighted by molar-refractivity contribution is 0.160. The number of piperidine rings is 1. The molecule has 116 valence electrons. The van der Waals surface area contributed by atoms with E-state index in [1.54, 1.807) is 18.5 Å². The van der Waals surface area contributed by atoms with Crippen LogP contribution in [0, 0.1) is 0 Å². The number of likely N-dealkylation sites (tertiary alicyclic amines) is 1. The molecule has 2 aromatic rings. The summed E-state index contributed by atoms with van der Waals surface area (Å²) >= 11 is 0. The molecule has 6 nitrogen and oxygen atoms in total. The van der Waals surface area contributed by atoms with E-state index in [9.17, 15) is 0 Å². The van der Waals surface area contributed by atoms with E-state index in [4.69, 9.17) is 10.1 Å². The molecule has 1 fully saturated rings. The van der Waals surface area contributed by atoms with Crippen molar-refractivity contribution < 1.29 is 5.11 Å². The Hall–Kier alpha value is -2.05. The Kier molecular flexibility index (Phi) is 4.92. The van der Waals surface area contributed by atoms with E-state index in [0.717, 1.165) is 44.0 Å². The van der Waals surface area contributed by atoms with Gasteiger partial charge in [-0.25, -0.2) is 15.0 Å². The highest BCUT2D eigenvalue weighted by Crippen LogP contribution is 2.26. The van der Waals surface area contributed by atoms with Crippen molar-refractivity contribution in [2.45, 2.75) is 18.8 Å². The van der Waals surface area contributed by atoms with Gasteiger partial charge in [0.2, 0.25) is 5.95 Å². The van der Waals surface area contributed by atoms with Gasteiger partial charge in [-0.15, -0.1) is 0 Å². The minimum absolute atomic E-state index is 0.215. The molecule has 1 unspecified atom stereocenters. The summed E-state index contributed by atoms with van der Waals surface area (Å²) in [7, 11) is 0. The lowest BCUT2D eigenvalue weighted by atomic mass is 9.94. The molecule has 1 aliphatic rings. The highest BCUT2D eigenvalue weighted by molar-refractivity contribution is 5.47. The van der Waals surface area contributed by atoms with Crippen LogP contribution in [0.15, 0.2) is 36.7 Å². The molecule has 2 aromatic heterocycles. The van der Waals surface area contributed by atoms with Crippen LogP contribution in [-0.4, -0.2) is 51.2 Å². The number of hydrogen-bond donors (Lipinski definition) is 2. The first kappa shape index (κ1) is 14.9. The van der Waals surface area contributed by atoms with Gasteiger partial charge in [0.15, 0.2) is 0 Å². The average molecular weight is 299 g/mol. The number of nitrogens with zero attached hydrogens (tertiary/aromatic N) is 4. The largest absolute Gasteiger partial charge is 0.395 e. The molecule has 22 heavy (non-hydrogen) atoms. The Morgan fingerprint density at radius 3 is 2.91 bits per heavy atom. The van der Waals surface area contributed by atoms with Gasteiger partial charge in [0.05, 0.1) is 6.61 Å². The first-order valence-corrected chi connectivity index (χ1v) is 7.69. The molecular weight excluding hydrogens is 278 g/mol. The minimum Gasteiger partial charge on any atom is -0.395 e. The molecule has 3 heterocycles. The second kappa shape index (κ2) is 7.29. The SMILES string of the molecule is OCCN1CCCC(c2cccc(Nc3ncccn3)n2)C1. The number of aliphatic hydroxyl groups excluding tert-OH is 1. The van der Waals surface area contributed by atoms with Crippen LogP contribution < -0.4 is 5.32 Å². The third-order valence-corrected chi connectivity index (χ3v) is 3.92. The molecule has 0 radical (unpaired) electrons. The first-order chi connectivity index (χ1) is 10.8. The van der Waals surface area contributed by atoms with E-state index >= 15 is 0 Å². The van der Waals surface area contributed by atoms with Crippen molar-refractivity contribution in [2.75, 3.05) is 31.6 Å². The third kappa shape index (κ3) is 3.78. The lowest BCUT2D eigenvalue weighted by Crippen LogP contribution is -2.36. The summed E-state index contributed by atoms with van der Waals surface area (Å²) < 4.78 is 0. The van der Waals surface area contributed by atoms with E-state index in [1.165, 1.54) is 0 Å². The third-order valence-electron chi connectivity index (χ3n) is 3.92. The van der Waals surface area contributed by atoms with Crippen molar-refractivity contribution in [3.8, 4) is 0 Å². The van der Waals surface area contributed by atoms with Crippen molar-refractivity contribution in [1.82, 2.24) is 19.9 Å². The maximum atomic E-state index is 9.10. The van der Waals surface area contributed by atoms with Crippen molar-refractivity contribution in [1.29, 1.82) is 0 Å². The van der Waals surface area contributed by atoms with E-state index in [0.29, 0.717) is 11.9 Å². The number of rotatable bonds is 5. The predicted molar refractivity (Wildman–Crippen MR) is 85.1 cm³/mol. The Morgan fingerprint density at radius 1 is 1.23 bits per heavy atom. The fourth-order valence-corrected chi connectivity index (χ4v) is 2.87. The second-order valence-electron chi connectivity index (χ2n) is 5.51. The van der Waals surface area contributed by atoms with Gasteiger partial charge in [-0.2, -0.15) is 0 Å². The van der Waals surface area contributed by atoms with Crippen LogP contribution in [0.25, 0.3) is 0 Å². The maximum absolute atomic E-state index is 9.10. The van der Waals surface area contributed by atoms with E-state index in [1.807, 2.05) is 12.1 Å². The molecule has 1 saturated heterocycles. The minimum atomic E-state index is 0.215. The van der Waals surface area contributed by atoms with Crippen molar-refractivity contribution in [2.24, 2.45) is 0 Å². The summed E-state index contributed by atoms with van der Waals surface area (Å²) in [6, 6.07) is 7.80. The quantitative estimate of drug-likeness (QED) is 0.877. The summed E-state index contributed by atoms with van der Waals surface area (Å²) in [4.78, 5) is 15.3. The molecule has 2 N–H and O–H groups in total. The smallest absolute Gasteiger partial charge is 0.228 e. The van der Waals surface area contributed by atoms with Crippen LogP contribution >= 0.6 is 0 Å². The van der Waals surface area contributed by atoms with E-state index in [2.05, 4.69) is 26.3 Å². The van der Waals surface area contributed by atoms with Crippen LogP contribution in [0.5, 0.6) is 0 Å². The molecule has 3 rings (SSSR count). The molecule has 0 aromatic carbocycles. The van der Waals surface area contributed by atoms with Crippen molar-refractivity contribution in [3.05, 3.63) is 42.4 Å². The summed E-state index contributed by atoms with van der Waals surface area (Å²) in [5, 5.41) is 12.2. The number of aliphatic hydroxyl groups is 1. The zero-order valence-electron chi connectivity index (χ0n) is 12.5. The van der Waals surface area contributed by atoms with Gasteiger partial charge >= 0.3 is 0 Å². The number of β-amino-alcohol motifs (C(OH)–C–C–N with tert-alkyl or cyclic N) is 1. The Morgan fingerprint density at radius 2 is 2.09 bits per heavy atom. The van der Waals surface area contributed by atoms with Gasteiger partial charge in [-0.3, -0.25) is 0 Å². The number of anilines is 2. The molecule has 0 aliphatic carbocycles. The van der Waals surface area contributed by atoms with Gasteiger partial charge in [0, 0.05) is 37.1 Å². The summed E-state index contributed by atoms with van der Waals surface area (Å²) in [6.45, 7) is 2.98. The van der Waals surface area contributed by atoms with Crippen LogP contribution in [0.2, 0.25) is 0 Å². The topological polar surface area (TPSA) is 74.2 Å². The second-order valence-corrected chi connectivity index (χ2v) is 5.51. The summed E-state index contributed by atoms with van der Waals surface area (Å²) in [5.74, 6) is 1.74. The molecular formula is C16H21N5O. The Balaban J connectivity index is 1.70. The monoisotopic (exact) mass is 299 g/mol. The van der Waals surface area contributed by atoms with Crippen LogP contribution in [0.4, 0.5) is 11.8 Å². The van der Waals surface area contributed by atoms with Gasteiger partial charge in [-0.1, -0.05) is 6.07 Å². The van der Waals surface area contributed by atoms with Crippen LogP contribution in [0.1, 0.15) is 24.5 Å². The molecule has 1 aliphatic heterocycles. The number of aromatic nitrogens is 3. The van der Waals surface area contributed by atoms with Gasteiger partial charge in [0.25, 0.3) is 0 Å². The normalized spacial score (nSPS) is 19.0.